The summed E-state index contributed by atoms with van der Waals surface area (Å²) in [5.41, 5.74) is 0. The molecule has 2 aliphatic heterocycles. The van der Waals surface area contributed by atoms with Gasteiger partial charge in [-0.3, -0.25) is 9.69 Å². The Morgan fingerprint density at radius 1 is 1.06 bits per heavy atom. The minimum absolute atomic E-state index is 0. The van der Waals surface area contributed by atoms with Crippen molar-refractivity contribution < 1.29 is 4.79 Å². The van der Waals surface area contributed by atoms with Gasteiger partial charge in [0.15, 0.2) is 11.8 Å². The van der Waals surface area contributed by atoms with Gasteiger partial charge in [0.2, 0.25) is 5.91 Å². The number of guanidine groups is 1. The van der Waals surface area contributed by atoms with E-state index in [4.69, 9.17) is 4.99 Å². The highest BCUT2D eigenvalue weighted by Gasteiger charge is 2.24. The van der Waals surface area contributed by atoms with Crippen LogP contribution in [0.25, 0.3) is 0 Å². The quantitative estimate of drug-likeness (QED) is 0.253. The Labute approximate surface area is 203 Å². The zero-order valence-electron chi connectivity index (χ0n) is 18.9. The standard InChI is InChI=1S/C21H36N8O.HI/c1-4-9-22-21(23-16-19-25-24-18(2)26(19)3)29-14-12-27(13-15-29)17-20(30)28-10-7-5-6-8-11-28;/h4H,1,5-17H2,2-3H3,(H,22,23);1H. The van der Waals surface area contributed by atoms with Gasteiger partial charge < -0.3 is 19.7 Å². The fourth-order valence-electron chi connectivity index (χ4n) is 3.89. The van der Waals surface area contributed by atoms with Gasteiger partial charge in [0, 0.05) is 52.9 Å². The summed E-state index contributed by atoms with van der Waals surface area (Å²) in [7, 11) is 1.96. The van der Waals surface area contributed by atoms with E-state index in [1.165, 1.54) is 12.8 Å². The number of carbonyl (C=O) groups excluding carboxylic acids is 1. The first-order chi connectivity index (χ1) is 14.6. The molecule has 2 fully saturated rings. The molecule has 1 amide bonds. The third-order valence-electron chi connectivity index (χ3n) is 5.95. The molecule has 0 atom stereocenters. The van der Waals surface area contributed by atoms with Crippen molar-refractivity contribution in [1.82, 2.24) is 34.8 Å². The molecule has 1 aromatic heterocycles. The van der Waals surface area contributed by atoms with Crippen LogP contribution in [0.5, 0.6) is 0 Å². The molecule has 9 nitrogen and oxygen atoms in total. The average Bonchev–Trinajstić information content (AvgIpc) is 2.95. The number of carbonyl (C=O) groups is 1. The number of nitrogens with zero attached hydrogens (tertiary/aromatic N) is 7. The van der Waals surface area contributed by atoms with Crippen LogP contribution >= 0.6 is 24.0 Å². The van der Waals surface area contributed by atoms with E-state index in [1.54, 1.807) is 0 Å². The molecule has 10 heteroatoms. The molecule has 3 rings (SSSR count). The van der Waals surface area contributed by atoms with Crippen LogP contribution in [-0.2, 0) is 18.4 Å². The first-order valence-electron chi connectivity index (χ1n) is 11.1. The van der Waals surface area contributed by atoms with E-state index >= 15 is 0 Å². The van der Waals surface area contributed by atoms with Crippen molar-refractivity contribution in [2.24, 2.45) is 12.0 Å². The summed E-state index contributed by atoms with van der Waals surface area (Å²) in [4.78, 5) is 24.0. The predicted molar refractivity (Wildman–Crippen MR) is 134 cm³/mol. The van der Waals surface area contributed by atoms with Crippen molar-refractivity contribution in [3.63, 3.8) is 0 Å². The summed E-state index contributed by atoms with van der Waals surface area (Å²) in [5.74, 6) is 2.85. The average molecular weight is 544 g/mol. The highest BCUT2D eigenvalue weighted by molar-refractivity contribution is 14.0. The zero-order chi connectivity index (χ0) is 21.3. The fourth-order valence-corrected chi connectivity index (χ4v) is 3.89. The Morgan fingerprint density at radius 3 is 2.32 bits per heavy atom. The minimum Gasteiger partial charge on any atom is -0.353 e. The van der Waals surface area contributed by atoms with Gasteiger partial charge in [-0.25, -0.2) is 4.99 Å². The molecular weight excluding hydrogens is 507 g/mol. The molecule has 0 radical (unpaired) electrons. The van der Waals surface area contributed by atoms with Crippen LogP contribution in [0.15, 0.2) is 17.6 Å². The summed E-state index contributed by atoms with van der Waals surface area (Å²) in [6.07, 6.45) is 6.60. The first-order valence-corrected chi connectivity index (χ1v) is 11.1. The van der Waals surface area contributed by atoms with E-state index in [1.807, 2.05) is 24.6 Å². The molecule has 1 N–H and O–H groups in total. The van der Waals surface area contributed by atoms with Crippen molar-refractivity contribution in [3.8, 4) is 0 Å². The monoisotopic (exact) mass is 544 g/mol. The highest BCUT2D eigenvalue weighted by Crippen LogP contribution is 2.11. The van der Waals surface area contributed by atoms with E-state index in [0.29, 0.717) is 19.6 Å². The number of hydrogen-bond acceptors (Lipinski definition) is 5. The van der Waals surface area contributed by atoms with Gasteiger partial charge in [-0.15, -0.1) is 40.8 Å². The molecule has 0 spiro atoms. The number of hydrogen-bond donors (Lipinski definition) is 1. The van der Waals surface area contributed by atoms with Crippen molar-refractivity contribution >= 4 is 35.8 Å². The van der Waals surface area contributed by atoms with Crippen LogP contribution in [0, 0.1) is 6.92 Å². The van der Waals surface area contributed by atoms with E-state index in [0.717, 1.165) is 69.7 Å². The van der Waals surface area contributed by atoms with Crippen LogP contribution in [0.3, 0.4) is 0 Å². The second kappa shape index (κ2) is 13.0. The third-order valence-corrected chi connectivity index (χ3v) is 5.95. The smallest absolute Gasteiger partial charge is 0.236 e. The van der Waals surface area contributed by atoms with E-state index in [2.05, 4.69) is 36.8 Å². The summed E-state index contributed by atoms with van der Waals surface area (Å²) >= 11 is 0. The van der Waals surface area contributed by atoms with Crippen LogP contribution in [-0.4, -0.2) is 93.7 Å². The Morgan fingerprint density at radius 2 is 1.74 bits per heavy atom. The van der Waals surface area contributed by atoms with Crippen LogP contribution < -0.4 is 5.32 Å². The largest absolute Gasteiger partial charge is 0.353 e. The van der Waals surface area contributed by atoms with Gasteiger partial charge in [0.05, 0.1) is 6.54 Å². The molecular formula is C21H37IN8O. The normalized spacial score (nSPS) is 18.3. The molecule has 174 valence electrons. The van der Waals surface area contributed by atoms with E-state index < -0.39 is 0 Å². The van der Waals surface area contributed by atoms with Gasteiger partial charge in [-0.05, 0) is 19.8 Å². The van der Waals surface area contributed by atoms with E-state index in [9.17, 15) is 4.79 Å². The molecule has 2 aliphatic rings. The number of aryl methyl sites for hydroxylation is 1. The highest BCUT2D eigenvalue weighted by atomic mass is 127. The summed E-state index contributed by atoms with van der Waals surface area (Å²) in [6, 6.07) is 0. The molecule has 0 aromatic carbocycles. The fraction of sp³-hybridized carbons (Fsp3) is 0.714. The maximum Gasteiger partial charge on any atom is 0.236 e. The lowest BCUT2D eigenvalue weighted by Gasteiger charge is -2.37. The summed E-state index contributed by atoms with van der Waals surface area (Å²) in [6.45, 7) is 12.6. The molecule has 3 heterocycles. The number of likely N-dealkylation sites (tertiary alicyclic amines) is 1. The molecule has 0 aliphatic carbocycles. The summed E-state index contributed by atoms with van der Waals surface area (Å²) in [5, 5.41) is 11.7. The third kappa shape index (κ3) is 7.44. The van der Waals surface area contributed by atoms with Crippen LogP contribution in [0.4, 0.5) is 0 Å². The number of aliphatic imine (C=N–C) groups is 1. The zero-order valence-corrected chi connectivity index (χ0v) is 21.3. The van der Waals surface area contributed by atoms with Crippen molar-refractivity contribution in [2.45, 2.75) is 39.2 Å². The number of piperazine rings is 1. The maximum atomic E-state index is 12.7. The van der Waals surface area contributed by atoms with Gasteiger partial charge in [0.1, 0.15) is 12.4 Å². The Balaban J connectivity index is 0.00000341. The van der Waals surface area contributed by atoms with Gasteiger partial charge in [0.25, 0.3) is 0 Å². The van der Waals surface area contributed by atoms with Gasteiger partial charge in [-0.2, -0.15) is 0 Å². The Kier molecular flexibility index (Phi) is 10.7. The van der Waals surface area contributed by atoms with Gasteiger partial charge >= 0.3 is 0 Å². The maximum absolute atomic E-state index is 12.7. The van der Waals surface area contributed by atoms with Crippen molar-refractivity contribution in [3.05, 3.63) is 24.3 Å². The molecule has 31 heavy (non-hydrogen) atoms. The Hall–Kier alpha value is -1.69. The molecule has 0 saturated carbocycles. The lowest BCUT2D eigenvalue weighted by atomic mass is 10.2. The van der Waals surface area contributed by atoms with Gasteiger partial charge in [-0.1, -0.05) is 18.9 Å². The summed E-state index contributed by atoms with van der Waals surface area (Å²) < 4.78 is 1.96. The lowest BCUT2D eigenvalue weighted by Crippen LogP contribution is -2.54. The van der Waals surface area contributed by atoms with Crippen LogP contribution in [0.1, 0.15) is 37.3 Å². The number of aromatic nitrogens is 3. The molecule has 1 aromatic rings. The molecule has 0 unspecified atom stereocenters. The van der Waals surface area contributed by atoms with E-state index in [-0.39, 0.29) is 29.9 Å². The number of halogens is 1. The van der Waals surface area contributed by atoms with Crippen molar-refractivity contribution in [2.75, 3.05) is 52.4 Å². The second-order valence-corrected chi connectivity index (χ2v) is 8.09. The Bertz CT molecular complexity index is 734. The molecule has 2 saturated heterocycles. The van der Waals surface area contributed by atoms with Crippen molar-refractivity contribution in [1.29, 1.82) is 0 Å². The predicted octanol–water partition coefficient (Wildman–Crippen LogP) is 1.39. The number of nitrogens with one attached hydrogen (secondary N) is 1. The SMILES string of the molecule is C=CCNC(=NCc1nnc(C)n1C)N1CCN(CC(=O)N2CCCCCC2)CC1.I. The minimum atomic E-state index is 0. The number of amides is 1. The number of rotatable bonds is 6. The van der Waals surface area contributed by atoms with Crippen LogP contribution in [0.2, 0.25) is 0 Å². The molecule has 0 bridgehead atoms. The first kappa shape index (κ1) is 25.6. The topological polar surface area (TPSA) is 81.9 Å². The second-order valence-electron chi connectivity index (χ2n) is 8.09. The lowest BCUT2D eigenvalue weighted by molar-refractivity contribution is -0.132.